The third kappa shape index (κ3) is 7.79. The summed E-state index contributed by atoms with van der Waals surface area (Å²) in [6, 6.07) is 10.9. The smallest absolute Gasteiger partial charge is 0.331 e. The van der Waals surface area contributed by atoms with Gasteiger partial charge in [0, 0.05) is 35.5 Å². The molecule has 2 N–H and O–H groups in total. The lowest BCUT2D eigenvalue weighted by Gasteiger charge is -2.08. The number of carboxylic acid groups (broad SMARTS) is 1. The monoisotopic (exact) mass is 562 g/mol. The Hall–Kier alpha value is -2.91. The van der Waals surface area contributed by atoms with Crippen LogP contribution in [0, 0.1) is 0 Å². The standard InChI is InChI=1S/C27H28Cl2N2O5S/c1-4-10-36-11-6-8-17-7-5-9-18(13-17)23-26(35-3)37-27(30-23)31-24(32)19-14-21(28)20(22(29)15-19)12-16(2)25(33)34/h5,7,9,12-15H,4,6,8,10-11H2,1-3H3,(H,33,34)(H,30,31,32)/b16-12+. The molecule has 2 aromatic carbocycles. The summed E-state index contributed by atoms with van der Waals surface area (Å²) in [6.07, 6.45) is 4.17. The van der Waals surface area contributed by atoms with Gasteiger partial charge >= 0.3 is 5.97 Å². The molecule has 0 unspecified atom stereocenters. The van der Waals surface area contributed by atoms with Gasteiger partial charge < -0.3 is 14.6 Å². The van der Waals surface area contributed by atoms with E-state index in [0.717, 1.165) is 43.6 Å². The summed E-state index contributed by atoms with van der Waals surface area (Å²) in [5.74, 6) is -1.55. The minimum Gasteiger partial charge on any atom is -0.486 e. The SMILES string of the molecule is CCCOCCCc1cccc(-c2nc(NC(=O)c3cc(Cl)c(/C=C(\C)C(=O)O)c(Cl)c3)sc2OC)c1. The van der Waals surface area contributed by atoms with E-state index in [1.807, 2.05) is 12.1 Å². The fraction of sp³-hybridized carbons (Fsp3) is 0.296. The van der Waals surface area contributed by atoms with Crippen molar-refractivity contribution in [2.24, 2.45) is 0 Å². The maximum Gasteiger partial charge on any atom is 0.331 e. The lowest BCUT2D eigenvalue weighted by molar-refractivity contribution is -0.132. The van der Waals surface area contributed by atoms with Crippen LogP contribution in [0.3, 0.4) is 0 Å². The minimum absolute atomic E-state index is 0.0670. The number of carbonyl (C=O) groups is 2. The number of aromatic nitrogens is 1. The van der Waals surface area contributed by atoms with Crippen LogP contribution in [-0.4, -0.2) is 42.3 Å². The molecule has 1 aromatic heterocycles. The molecule has 0 bridgehead atoms. The molecule has 0 fully saturated rings. The molecule has 0 radical (unpaired) electrons. The van der Waals surface area contributed by atoms with Gasteiger partial charge in [-0.2, -0.15) is 0 Å². The number of aliphatic carboxylic acids is 1. The summed E-state index contributed by atoms with van der Waals surface area (Å²) in [5, 5.41) is 13.1. The molecule has 10 heteroatoms. The Bertz CT molecular complexity index is 1280. The van der Waals surface area contributed by atoms with Gasteiger partial charge in [0.25, 0.3) is 5.91 Å². The van der Waals surface area contributed by atoms with Gasteiger partial charge in [-0.3, -0.25) is 10.1 Å². The highest BCUT2D eigenvalue weighted by atomic mass is 35.5. The number of anilines is 1. The molecule has 0 spiro atoms. The van der Waals surface area contributed by atoms with Crippen molar-refractivity contribution in [3.63, 3.8) is 0 Å². The summed E-state index contributed by atoms with van der Waals surface area (Å²) in [6.45, 7) is 5.01. The summed E-state index contributed by atoms with van der Waals surface area (Å²) in [5.41, 5.74) is 3.29. The summed E-state index contributed by atoms with van der Waals surface area (Å²) < 4.78 is 11.1. The first-order valence-corrected chi connectivity index (χ1v) is 13.2. The fourth-order valence-electron chi connectivity index (χ4n) is 3.48. The second-order valence-corrected chi connectivity index (χ2v) is 9.99. The first-order valence-electron chi connectivity index (χ1n) is 11.7. The molecule has 3 aromatic rings. The number of nitrogens with zero attached hydrogens (tertiary/aromatic N) is 1. The number of ether oxygens (including phenoxy) is 2. The van der Waals surface area contributed by atoms with Crippen LogP contribution in [0.4, 0.5) is 5.13 Å². The lowest BCUT2D eigenvalue weighted by Crippen LogP contribution is -2.12. The molecule has 0 aliphatic carbocycles. The average molecular weight is 564 g/mol. The number of methoxy groups -OCH3 is 1. The normalized spacial score (nSPS) is 11.4. The quantitative estimate of drug-likeness (QED) is 0.178. The van der Waals surface area contributed by atoms with Crippen LogP contribution < -0.4 is 10.1 Å². The van der Waals surface area contributed by atoms with Crippen LogP contribution >= 0.6 is 34.5 Å². The van der Waals surface area contributed by atoms with Crippen LogP contribution in [0.25, 0.3) is 17.3 Å². The molecule has 1 amide bonds. The van der Waals surface area contributed by atoms with Gasteiger partial charge in [0.05, 0.1) is 17.2 Å². The van der Waals surface area contributed by atoms with E-state index < -0.39 is 11.9 Å². The van der Waals surface area contributed by atoms with Crippen molar-refractivity contribution in [3.8, 4) is 16.3 Å². The van der Waals surface area contributed by atoms with Crippen molar-refractivity contribution in [2.45, 2.75) is 33.1 Å². The maximum atomic E-state index is 12.9. The van der Waals surface area contributed by atoms with Crippen LogP contribution in [0.5, 0.6) is 5.06 Å². The number of rotatable bonds is 12. The van der Waals surface area contributed by atoms with E-state index in [4.69, 9.17) is 37.8 Å². The zero-order chi connectivity index (χ0) is 26.9. The molecular weight excluding hydrogens is 535 g/mol. The molecular formula is C27H28Cl2N2O5S. The molecule has 196 valence electrons. The van der Waals surface area contributed by atoms with Crippen molar-refractivity contribution in [3.05, 3.63) is 68.7 Å². The van der Waals surface area contributed by atoms with Crippen molar-refractivity contribution in [2.75, 3.05) is 25.6 Å². The Balaban J connectivity index is 1.77. The number of carbonyl (C=O) groups excluding carboxylic acids is 1. The number of nitrogens with one attached hydrogen (secondary N) is 1. The predicted octanol–water partition coefficient (Wildman–Crippen LogP) is 7.22. The first-order chi connectivity index (χ1) is 17.7. The largest absolute Gasteiger partial charge is 0.486 e. The van der Waals surface area contributed by atoms with Crippen LogP contribution in [0.2, 0.25) is 10.0 Å². The highest BCUT2D eigenvalue weighted by Gasteiger charge is 2.18. The van der Waals surface area contributed by atoms with Gasteiger partial charge in [0.15, 0.2) is 5.13 Å². The van der Waals surface area contributed by atoms with Crippen LogP contribution in [0.15, 0.2) is 42.0 Å². The predicted molar refractivity (Wildman–Crippen MR) is 149 cm³/mol. The van der Waals surface area contributed by atoms with E-state index in [1.54, 1.807) is 7.11 Å². The molecule has 3 rings (SSSR count). The van der Waals surface area contributed by atoms with Gasteiger partial charge in [0.2, 0.25) is 5.06 Å². The third-order valence-corrected chi connectivity index (χ3v) is 6.90. The fourth-order valence-corrected chi connectivity index (χ4v) is 4.88. The molecule has 0 saturated carbocycles. The van der Waals surface area contributed by atoms with Gasteiger partial charge in [-0.15, -0.1) is 0 Å². The molecule has 1 heterocycles. The van der Waals surface area contributed by atoms with Crippen molar-refractivity contribution in [1.29, 1.82) is 0 Å². The lowest BCUT2D eigenvalue weighted by atomic mass is 10.1. The molecule has 0 aliphatic rings. The topological polar surface area (TPSA) is 97.8 Å². The number of aryl methyl sites for hydroxylation is 1. The molecule has 0 aliphatic heterocycles. The Kier molecular flexibility index (Phi) is 10.5. The second kappa shape index (κ2) is 13.6. The van der Waals surface area contributed by atoms with Crippen molar-refractivity contribution < 1.29 is 24.2 Å². The number of benzene rings is 2. The van der Waals surface area contributed by atoms with E-state index in [1.165, 1.54) is 36.5 Å². The first kappa shape index (κ1) is 28.7. The number of carboxylic acids is 1. The summed E-state index contributed by atoms with van der Waals surface area (Å²) >= 11 is 13.8. The van der Waals surface area contributed by atoms with Crippen molar-refractivity contribution >= 4 is 57.6 Å². The van der Waals surface area contributed by atoms with Gasteiger partial charge in [-0.05, 0) is 56.0 Å². The maximum absolute atomic E-state index is 12.9. The summed E-state index contributed by atoms with van der Waals surface area (Å²) in [7, 11) is 1.56. The van der Waals surface area contributed by atoms with E-state index in [-0.39, 0.29) is 21.2 Å². The number of hydrogen-bond acceptors (Lipinski definition) is 6. The number of amides is 1. The molecule has 0 saturated heterocycles. The van der Waals surface area contributed by atoms with E-state index >= 15 is 0 Å². The Morgan fingerprint density at radius 1 is 1.16 bits per heavy atom. The molecule has 0 atom stereocenters. The third-order valence-electron chi connectivity index (χ3n) is 5.34. The van der Waals surface area contributed by atoms with Crippen LogP contribution in [-0.2, 0) is 16.0 Å². The molecule has 37 heavy (non-hydrogen) atoms. The number of halogens is 2. The summed E-state index contributed by atoms with van der Waals surface area (Å²) in [4.78, 5) is 28.6. The minimum atomic E-state index is -1.09. The van der Waals surface area contributed by atoms with E-state index in [0.29, 0.717) is 21.5 Å². The Morgan fingerprint density at radius 2 is 1.89 bits per heavy atom. The van der Waals surface area contributed by atoms with Gasteiger partial charge in [-0.1, -0.05) is 59.7 Å². The highest BCUT2D eigenvalue weighted by molar-refractivity contribution is 7.18. The van der Waals surface area contributed by atoms with Gasteiger partial charge in [-0.25, -0.2) is 9.78 Å². The van der Waals surface area contributed by atoms with Crippen molar-refractivity contribution in [1.82, 2.24) is 4.98 Å². The molecule has 7 nitrogen and oxygen atoms in total. The van der Waals surface area contributed by atoms with Gasteiger partial charge in [0.1, 0.15) is 5.69 Å². The number of thiazole rings is 1. The Morgan fingerprint density at radius 3 is 2.54 bits per heavy atom. The number of hydrogen-bond donors (Lipinski definition) is 2. The van der Waals surface area contributed by atoms with Crippen LogP contribution in [0.1, 0.15) is 48.2 Å². The average Bonchev–Trinajstić information content (AvgIpc) is 3.28. The highest BCUT2D eigenvalue weighted by Crippen LogP contribution is 2.38. The Labute approximate surface area is 230 Å². The zero-order valence-corrected chi connectivity index (χ0v) is 23.1. The second-order valence-electron chi connectivity index (χ2n) is 8.22. The van der Waals surface area contributed by atoms with E-state index in [9.17, 15) is 9.59 Å². The van der Waals surface area contributed by atoms with E-state index in [2.05, 4.69) is 29.4 Å². The zero-order valence-electron chi connectivity index (χ0n) is 20.8.